The quantitative estimate of drug-likeness (QED) is 0.444. The fourth-order valence-electron chi connectivity index (χ4n) is 4.26. The van der Waals surface area contributed by atoms with Gasteiger partial charge in [-0.1, -0.05) is 19.1 Å². The zero-order chi connectivity index (χ0) is 25.0. The second kappa shape index (κ2) is 10.4. The molecule has 0 spiro atoms. The van der Waals surface area contributed by atoms with Gasteiger partial charge in [-0.2, -0.15) is 13.2 Å². The van der Waals surface area contributed by atoms with Crippen LogP contribution in [0.2, 0.25) is 0 Å². The molecule has 0 aromatic heterocycles. The molecule has 0 saturated heterocycles. The number of ketones is 2. The van der Waals surface area contributed by atoms with E-state index in [2.05, 4.69) is 5.32 Å². The van der Waals surface area contributed by atoms with Gasteiger partial charge in [-0.05, 0) is 59.9 Å². The van der Waals surface area contributed by atoms with Gasteiger partial charge in [0.25, 0.3) is 0 Å². The van der Waals surface area contributed by atoms with Crippen LogP contribution in [0.15, 0.2) is 36.4 Å². The van der Waals surface area contributed by atoms with Gasteiger partial charge in [-0.3, -0.25) is 14.4 Å². The molecule has 1 fully saturated rings. The Morgan fingerprint density at radius 2 is 1.91 bits per heavy atom. The highest BCUT2D eigenvalue weighted by Gasteiger charge is 2.44. The van der Waals surface area contributed by atoms with Gasteiger partial charge in [0, 0.05) is 25.3 Å². The lowest BCUT2D eigenvalue weighted by Gasteiger charge is -2.19. The van der Waals surface area contributed by atoms with Crippen molar-refractivity contribution in [1.29, 1.82) is 0 Å². The Morgan fingerprint density at radius 1 is 1.18 bits per heavy atom. The molecule has 9 heteroatoms. The Balaban J connectivity index is 1.71. The van der Waals surface area contributed by atoms with Crippen molar-refractivity contribution in [3.63, 3.8) is 0 Å². The Kier molecular flexibility index (Phi) is 7.74. The van der Waals surface area contributed by atoms with Gasteiger partial charge in [0.05, 0.1) is 0 Å². The van der Waals surface area contributed by atoms with Gasteiger partial charge >= 0.3 is 6.18 Å². The van der Waals surface area contributed by atoms with Crippen molar-refractivity contribution in [2.45, 2.75) is 51.7 Å². The smallest absolute Gasteiger partial charge is 0.422 e. The fourth-order valence-corrected chi connectivity index (χ4v) is 4.26. The van der Waals surface area contributed by atoms with E-state index in [4.69, 9.17) is 4.74 Å². The molecular weight excluding hydrogens is 454 g/mol. The molecular formula is C25H25F4NO4. The highest BCUT2D eigenvalue weighted by atomic mass is 19.4. The summed E-state index contributed by atoms with van der Waals surface area (Å²) in [6.45, 7) is 2.04. The van der Waals surface area contributed by atoms with Gasteiger partial charge in [-0.25, -0.2) is 4.39 Å². The number of hydrogen-bond acceptors (Lipinski definition) is 4. The second-order valence-electron chi connectivity index (χ2n) is 8.38. The summed E-state index contributed by atoms with van der Waals surface area (Å²) in [4.78, 5) is 38.2. The van der Waals surface area contributed by atoms with E-state index in [-0.39, 0.29) is 36.7 Å². The van der Waals surface area contributed by atoms with Gasteiger partial charge in [-0.15, -0.1) is 0 Å². The average Bonchev–Trinajstić information content (AvgIpc) is 3.02. The van der Waals surface area contributed by atoms with E-state index in [1.165, 1.54) is 30.3 Å². The van der Waals surface area contributed by atoms with Crippen molar-refractivity contribution in [2.24, 2.45) is 5.92 Å². The molecule has 1 amide bonds. The maximum absolute atomic E-state index is 13.3. The van der Waals surface area contributed by atoms with Gasteiger partial charge in [0.2, 0.25) is 5.91 Å². The number of nitrogens with one attached hydrogen (secondary N) is 1. The first kappa shape index (κ1) is 25.4. The minimum absolute atomic E-state index is 0.0154. The van der Waals surface area contributed by atoms with Crippen LogP contribution in [0, 0.1) is 18.7 Å². The minimum atomic E-state index is -4.49. The molecule has 5 nitrogen and oxygen atoms in total. The molecule has 182 valence electrons. The third kappa shape index (κ3) is 6.21. The number of hydrogen-bond donors (Lipinski definition) is 1. The van der Waals surface area contributed by atoms with Crippen molar-refractivity contribution in [2.75, 3.05) is 6.61 Å². The van der Waals surface area contributed by atoms with Crippen LogP contribution < -0.4 is 10.1 Å². The number of ether oxygens (including phenoxy) is 1. The Bertz CT molecular complexity index is 1100. The fraction of sp³-hybridized carbons (Fsp3) is 0.400. The van der Waals surface area contributed by atoms with Crippen molar-refractivity contribution in [3.05, 3.63) is 64.5 Å². The van der Waals surface area contributed by atoms with Crippen LogP contribution in [0.4, 0.5) is 17.6 Å². The lowest BCUT2D eigenvalue weighted by molar-refractivity contribution is -0.153. The first-order chi connectivity index (χ1) is 16.0. The number of Topliss-reactive ketones (excluding diaryl/α,β-unsaturated/α-hetero) is 2. The van der Waals surface area contributed by atoms with E-state index in [0.29, 0.717) is 28.7 Å². The topological polar surface area (TPSA) is 72.5 Å². The maximum atomic E-state index is 13.3. The second-order valence-corrected chi connectivity index (χ2v) is 8.38. The van der Waals surface area contributed by atoms with E-state index < -0.39 is 36.3 Å². The standard InChI is InChI=1S/C25H25F4NO4/c1-3-16-9-19(34-13-25(27,28)29)7-14(2)22(16)23-20(31)10-17(24(23)33)11-21(32)30-12-15-5-4-6-18(26)8-15/h4-9,17,23H,3,10-13H2,1-2H3,(H,30,32). The first-order valence-electron chi connectivity index (χ1n) is 10.9. The monoisotopic (exact) mass is 479 g/mol. The molecule has 2 unspecified atom stereocenters. The van der Waals surface area contributed by atoms with Gasteiger partial charge in [0.15, 0.2) is 12.4 Å². The highest BCUT2D eigenvalue weighted by molar-refractivity contribution is 6.15. The van der Waals surface area contributed by atoms with Gasteiger partial charge < -0.3 is 10.1 Å². The van der Waals surface area contributed by atoms with Crippen LogP contribution in [0.25, 0.3) is 0 Å². The highest BCUT2D eigenvalue weighted by Crippen LogP contribution is 2.39. The summed E-state index contributed by atoms with van der Waals surface area (Å²) in [5.41, 5.74) is 2.08. The predicted octanol–water partition coefficient (Wildman–Crippen LogP) is 4.59. The van der Waals surface area contributed by atoms with E-state index in [1.54, 1.807) is 19.9 Å². The molecule has 1 saturated carbocycles. The molecule has 1 aliphatic carbocycles. The summed E-state index contributed by atoms with van der Waals surface area (Å²) in [7, 11) is 0. The van der Waals surface area contributed by atoms with Crippen molar-refractivity contribution >= 4 is 17.5 Å². The van der Waals surface area contributed by atoms with Crippen molar-refractivity contribution in [1.82, 2.24) is 5.32 Å². The Morgan fingerprint density at radius 3 is 2.56 bits per heavy atom. The van der Waals surface area contributed by atoms with E-state index in [1.807, 2.05) is 0 Å². The van der Waals surface area contributed by atoms with Gasteiger partial charge in [0.1, 0.15) is 23.3 Å². The molecule has 0 aliphatic heterocycles. The molecule has 2 aromatic carbocycles. The average molecular weight is 479 g/mol. The molecule has 1 aliphatic rings. The Labute approximate surface area is 194 Å². The SMILES string of the molecule is CCc1cc(OCC(F)(F)F)cc(C)c1C1C(=O)CC(CC(=O)NCc2cccc(F)c2)C1=O. The predicted molar refractivity (Wildman–Crippen MR) is 116 cm³/mol. The van der Waals surface area contributed by atoms with E-state index in [0.717, 1.165) is 0 Å². The zero-order valence-corrected chi connectivity index (χ0v) is 18.8. The Hall–Kier alpha value is -3.23. The molecule has 0 bridgehead atoms. The van der Waals surface area contributed by atoms with E-state index >= 15 is 0 Å². The minimum Gasteiger partial charge on any atom is -0.484 e. The lowest BCUT2D eigenvalue weighted by Crippen LogP contribution is -2.27. The zero-order valence-electron chi connectivity index (χ0n) is 18.8. The number of carbonyl (C=O) groups excluding carboxylic acids is 3. The van der Waals surface area contributed by atoms with Crippen LogP contribution in [-0.4, -0.2) is 30.3 Å². The van der Waals surface area contributed by atoms with Crippen molar-refractivity contribution < 1.29 is 36.7 Å². The molecule has 3 rings (SSSR count). The third-order valence-electron chi connectivity index (χ3n) is 5.79. The largest absolute Gasteiger partial charge is 0.484 e. The van der Waals surface area contributed by atoms with Crippen LogP contribution in [-0.2, 0) is 27.3 Å². The first-order valence-corrected chi connectivity index (χ1v) is 10.9. The summed E-state index contributed by atoms with van der Waals surface area (Å²) < 4.78 is 55.6. The molecule has 34 heavy (non-hydrogen) atoms. The van der Waals surface area contributed by atoms with Crippen molar-refractivity contribution in [3.8, 4) is 5.75 Å². The number of carbonyl (C=O) groups is 3. The normalized spacial score (nSPS) is 18.3. The van der Waals surface area contributed by atoms with E-state index in [9.17, 15) is 31.9 Å². The maximum Gasteiger partial charge on any atom is 0.422 e. The number of alkyl halides is 3. The molecule has 1 N–H and O–H groups in total. The molecule has 2 aromatic rings. The summed E-state index contributed by atoms with van der Waals surface area (Å²) in [5, 5.41) is 2.63. The summed E-state index contributed by atoms with van der Waals surface area (Å²) in [6.07, 6.45) is -4.37. The number of halogens is 4. The molecule has 2 atom stereocenters. The summed E-state index contributed by atoms with van der Waals surface area (Å²) >= 11 is 0. The number of amides is 1. The summed E-state index contributed by atoms with van der Waals surface area (Å²) in [6, 6.07) is 8.56. The number of benzene rings is 2. The third-order valence-corrected chi connectivity index (χ3v) is 5.79. The summed E-state index contributed by atoms with van der Waals surface area (Å²) in [5.74, 6) is -3.41. The van der Waals surface area contributed by atoms with Crippen LogP contribution in [0.3, 0.4) is 0 Å². The molecule has 0 radical (unpaired) electrons. The van der Waals surface area contributed by atoms with Crippen LogP contribution in [0.1, 0.15) is 47.9 Å². The van der Waals surface area contributed by atoms with Crippen LogP contribution >= 0.6 is 0 Å². The molecule has 0 heterocycles. The number of rotatable bonds is 8. The number of aryl methyl sites for hydroxylation is 2. The lowest BCUT2D eigenvalue weighted by atomic mass is 9.85. The van der Waals surface area contributed by atoms with Crippen LogP contribution in [0.5, 0.6) is 5.75 Å².